The summed E-state index contributed by atoms with van der Waals surface area (Å²) in [5.41, 5.74) is 4.51. The second kappa shape index (κ2) is 21.4. The first-order valence-electron chi connectivity index (χ1n) is 17.0. The van der Waals surface area contributed by atoms with Gasteiger partial charge in [0.25, 0.3) is 0 Å². The van der Waals surface area contributed by atoms with Crippen LogP contribution in [0.25, 0.3) is 0 Å². The first-order valence-corrected chi connectivity index (χ1v) is 17.0. The summed E-state index contributed by atoms with van der Waals surface area (Å²) in [6.07, 6.45) is 15.0. The summed E-state index contributed by atoms with van der Waals surface area (Å²) in [4.78, 5) is 4.48. The third-order valence-electron chi connectivity index (χ3n) is 8.10. The van der Waals surface area contributed by atoms with Gasteiger partial charge in [-0.1, -0.05) is 89.3 Å². The van der Waals surface area contributed by atoms with Crippen LogP contribution in [-0.2, 0) is 9.47 Å². The van der Waals surface area contributed by atoms with Crippen LogP contribution in [0.4, 0.5) is 11.4 Å². The highest BCUT2D eigenvalue weighted by atomic mass is 16.7. The molecule has 0 bridgehead atoms. The van der Waals surface area contributed by atoms with Gasteiger partial charge in [-0.05, 0) is 64.3 Å². The van der Waals surface area contributed by atoms with Crippen molar-refractivity contribution in [2.75, 3.05) is 50.2 Å². The van der Waals surface area contributed by atoms with E-state index in [-0.39, 0.29) is 12.4 Å². The van der Waals surface area contributed by atoms with E-state index in [1.165, 1.54) is 75.6 Å². The molecule has 0 aliphatic heterocycles. The number of anilines is 2. The Kier molecular flexibility index (Phi) is 18.4. The first kappa shape index (κ1) is 36.0. The summed E-state index contributed by atoms with van der Waals surface area (Å²) < 4.78 is 19.3. The Morgan fingerprint density at radius 3 is 1.74 bits per heavy atom. The molecule has 0 aromatic heterocycles. The fraction of sp³-hybridized carbons (Fsp3) is 0.676. The molecule has 2 rings (SSSR count). The lowest BCUT2D eigenvalue weighted by molar-refractivity contribution is -0.164. The van der Waals surface area contributed by atoms with Crippen LogP contribution >= 0.6 is 0 Å². The van der Waals surface area contributed by atoms with Crippen LogP contribution in [0.3, 0.4) is 0 Å². The Labute approximate surface area is 258 Å². The van der Waals surface area contributed by atoms with E-state index in [0.29, 0.717) is 13.2 Å². The van der Waals surface area contributed by atoms with Crippen molar-refractivity contribution in [1.29, 1.82) is 0 Å². The Morgan fingerprint density at radius 2 is 1.21 bits per heavy atom. The second-order valence-corrected chi connectivity index (χ2v) is 11.5. The van der Waals surface area contributed by atoms with Crippen molar-refractivity contribution in [3.8, 4) is 5.75 Å². The van der Waals surface area contributed by atoms with Crippen LogP contribution in [0.5, 0.6) is 5.75 Å². The highest BCUT2D eigenvalue weighted by molar-refractivity contribution is 5.56. The van der Waals surface area contributed by atoms with Gasteiger partial charge in [-0.2, -0.15) is 0 Å². The van der Waals surface area contributed by atoms with E-state index in [9.17, 15) is 0 Å². The number of rotatable bonds is 24. The molecule has 0 aliphatic rings. The maximum atomic E-state index is 6.87. The van der Waals surface area contributed by atoms with E-state index in [4.69, 9.17) is 14.2 Å². The topological polar surface area (TPSA) is 34.2 Å². The zero-order chi connectivity index (χ0) is 30.6. The van der Waals surface area contributed by atoms with E-state index < -0.39 is 0 Å². The lowest BCUT2D eigenvalue weighted by Crippen LogP contribution is -2.23. The summed E-state index contributed by atoms with van der Waals surface area (Å²) >= 11 is 0. The largest absolute Gasteiger partial charge is 0.493 e. The van der Waals surface area contributed by atoms with Crippen LogP contribution in [0, 0.1) is 0 Å². The van der Waals surface area contributed by atoms with E-state index in [1.54, 1.807) is 0 Å². The molecule has 0 saturated carbocycles. The lowest BCUT2D eigenvalue weighted by Gasteiger charge is -2.29. The molecule has 5 nitrogen and oxygen atoms in total. The van der Waals surface area contributed by atoms with Crippen LogP contribution in [0.1, 0.15) is 129 Å². The summed E-state index contributed by atoms with van der Waals surface area (Å²) in [5, 5.41) is 0. The highest BCUT2D eigenvalue weighted by Crippen LogP contribution is 2.38. The average molecular weight is 583 g/mol. The first-order chi connectivity index (χ1) is 20.5. The molecule has 238 valence electrons. The third-order valence-corrected chi connectivity index (χ3v) is 8.10. The van der Waals surface area contributed by atoms with Gasteiger partial charge < -0.3 is 24.0 Å². The maximum Gasteiger partial charge on any atom is 0.158 e. The molecule has 2 atom stereocenters. The predicted octanol–water partition coefficient (Wildman–Crippen LogP) is 10.2. The fourth-order valence-electron chi connectivity index (χ4n) is 5.59. The molecule has 0 saturated heterocycles. The Bertz CT molecular complexity index is 943. The Balaban J connectivity index is 2.15. The molecular weight excluding hydrogens is 520 g/mol. The molecule has 0 spiro atoms. The molecule has 0 radical (unpaired) electrons. The van der Waals surface area contributed by atoms with Gasteiger partial charge in [0, 0.05) is 56.8 Å². The monoisotopic (exact) mass is 582 g/mol. The quantitative estimate of drug-likeness (QED) is 0.0908. The number of benzene rings is 2. The molecular formula is C37H62N2O3. The van der Waals surface area contributed by atoms with Gasteiger partial charge in [-0.25, -0.2) is 0 Å². The van der Waals surface area contributed by atoms with Crippen molar-refractivity contribution >= 4 is 11.4 Å². The van der Waals surface area contributed by atoms with Crippen LogP contribution < -0.4 is 14.5 Å². The number of nitrogens with zero attached hydrogens (tertiary/aromatic N) is 2. The van der Waals surface area contributed by atoms with Gasteiger partial charge in [0.1, 0.15) is 11.9 Å². The zero-order valence-electron chi connectivity index (χ0n) is 28.1. The summed E-state index contributed by atoms with van der Waals surface area (Å²) in [7, 11) is 4.14. The fourth-order valence-corrected chi connectivity index (χ4v) is 5.59. The van der Waals surface area contributed by atoms with Crippen molar-refractivity contribution in [2.24, 2.45) is 0 Å². The molecule has 2 aromatic rings. The standard InChI is InChI=1S/C37H62N2O3/c1-8-13-14-15-16-17-18-19-20-21-22-23-36(41-12-5)42-37(31-24-26-32(27-25-31)38(6)7)34-29-28-33(39(9-2)10-3)30-35(34)40-11-4/h24-30,36-37H,8-23H2,1-7H3. The molecule has 0 N–H and O–H groups in total. The number of hydrogen-bond acceptors (Lipinski definition) is 5. The normalized spacial score (nSPS) is 12.7. The van der Waals surface area contributed by atoms with Gasteiger partial charge in [0.05, 0.1) is 6.61 Å². The number of hydrogen-bond donors (Lipinski definition) is 0. The number of ether oxygens (including phenoxy) is 3. The van der Waals surface area contributed by atoms with Crippen LogP contribution in [0.2, 0.25) is 0 Å². The van der Waals surface area contributed by atoms with Crippen molar-refractivity contribution in [3.63, 3.8) is 0 Å². The molecule has 0 amide bonds. The van der Waals surface area contributed by atoms with E-state index >= 15 is 0 Å². The van der Waals surface area contributed by atoms with Crippen molar-refractivity contribution in [2.45, 2.75) is 124 Å². The summed E-state index contributed by atoms with van der Waals surface area (Å²) in [6.45, 7) is 13.9. The maximum absolute atomic E-state index is 6.87. The lowest BCUT2D eigenvalue weighted by atomic mass is 9.99. The third kappa shape index (κ3) is 12.6. The highest BCUT2D eigenvalue weighted by Gasteiger charge is 2.25. The van der Waals surface area contributed by atoms with Gasteiger partial charge in [0.15, 0.2) is 6.29 Å². The average Bonchev–Trinajstić information content (AvgIpc) is 3.00. The zero-order valence-corrected chi connectivity index (χ0v) is 28.1. The minimum atomic E-state index is -0.280. The SMILES string of the molecule is CCCCCCCCCCCCCC(OCC)OC(c1ccc(N(C)C)cc1)c1ccc(N(CC)CC)cc1OCC. The minimum Gasteiger partial charge on any atom is -0.493 e. The molecule has 0 fully saturated rings. The van der Waals surface area contributed by atoms with Crippen LogP contribution in [-0.4, -0.2) is 46.7 Å². The van der Waals surface area contributed by atoms with Gasteiger partial charge in [0.2, 0.25) is 0 Å². The molecule has 5 heteroatoms. The molecule has 2 unspecified atom stereocenters. The van der Waals surface area contributed by atoms with Gasteiger partial charge in [-0.3, -0.25) is 0 Å². The Hall–Kier alpha value is -2.24. The van der Waals surface area contributed by atoms with Gasteiger partial charge >= 0.3 is 0 Å². The van der Waals surface area contributed by atoms with E-state index in [2.05, 4.69) is 94.1 Å². The molecule has 42 heavy (non-hydrogen) atoms. The Morgan fingerprint density at radius 1 is 0.643 bits per heavy atom. The van der Waals surface area contributed by atoms with Crippen molar-refractivity contribution in [1.82, 2.24) is 0 Å². The number of unbranched alkanes of at least 4 members (excludes halogenated alkanes) is 10. The smallest absolute Gasteiger partial charge is 0.158 e. The van der Waals surface area contributed by atoms with Crippen molar-refractivity contribution in [3.05, 3.63) is 53.6 Å². The predicted molar refractivity (Wildman–Crippen MR) is 181 cm³/mol. The van der Waals surface area contributed by atoms with E-state index in [0.717, 1.165) is 42.8 Å². The molecule has 0 aliphatic carbocycles. The molecule has 0 heterocycles. The van der Waals surface area contributed by atoms with Gasteiger partial charge in [-0.15, -0.1) is 0 Å². The summed E-state index contributed by atoms with van der Waals surface area (Å²) in [6, 6.07) is 15.3. The van der Waals surface area contributed by atoms with E-state index in [1.807, 2.05) is 6.92 Å². The van der Waals surface area contributed by atoms with Crippen molar-refractivity contribution < 1.29 is 14.2 Å². The summed E-state index contributed by atoms with van der Waals surface area (Å²) in [5.74, 6) is 0.883. The molecule has 2 aromatic carbocycles. The second-order valence-electron chi connectivity index (χ2n) is 11.5. The minimum absolute atomic E-state index is 0.260. The van der Waals surface area contributed by atoms with Crippen LogP contribution in [0.15, 0.2) is 42.5 Å².